The zero-order valence-corrected chi connectivity index (χ0v) is 12.0. The summed E-state index contributed by atoms with van der Waals surface area (Å²) in [4.78, 5) is 24.4. The fourth-order valence-corrected chi connectivity index (χ4v) is 3.06. The monoisotopic (exact) mass is 308 g/mol. The second kappa shape index (κ2) is 5.64. The SMILES string of the molecule is CC(C(=O)[O-])N1C(=O)C(=Cc2ccc(O)cc2)SC1=S. The van der Waals surface area contributed by atoms with E-state index in [1.54, 1.807) is 18.2 Å². The molecule has 1 aromatic rings. The van der Waals surface area contributed by atoms with E-state index in [9.17, 15) is 19.8 Å². The molecule has 1 unspecified atom stereocenters. The minimum Gasteiger partial charge on any atom is -0.548 e. The number of carboxylic acid groups (broad SMARTS) is 1. The number of amides is 1. The number of phenols is 1. The van der Waals surface area contributed by atoms with Gasteiger partial charge in [-0.05, 0) is 30.7 Å². The molecule has 1 aromatic carbocycles. The minimum absolute atomic E-state index is 0.125. The number of nitrogens with zero attached hydrogens (tertiary/aromatic N) is 1. The van der Waals surface area contributed by atoms with Gasteiger partial charge in [0.2, 0.25) is 0 Å². The maximum atomic E-state index is 12.1. The number of hydrogen-bond donors (Lipinski definition) is 1. The molecule has 0 spiro atoms. The topological polar surface area (TPSA) is 80.7 Å². The van der Waals surface area contributed by atoms with Crippen molar-refractivity contribution in [2.24, 2.45) is 0 Å². The Morgan fingerprint density at radius 3 is 2.60 bits per heavy atom. The number of aromatic hydroxyl groups is 1. The molecule has 1 aliphatic rings. The first-order valence-electron chi connectivity index (χ1n) is 5.67. The smallest absolute Gasteiger partial charge is 0.266 e. The van der Waals surface area contributed by atoms with E-state index in [-0.39, 0.29) is 10.1 Å². The molecule has 1 amide bonds. The number of phenolic OH excluding ortho intramolecular Hbond substituents is 1. The van der Waals surface area contributed by atoms with Crippen molar-refractivity contribution in [3.05, 3.63) is 34.7 Å². The van der Waals surface area contributed by atoms with Crippen molar-refractivity contribution in [2.75, 3.05) is 0 Å². The summed E-state index contributed by atoms with van der Waals surface area (Å²) in [7, 11) is 0. The van der Waals surface area contributed by atoms with Crippen molar-refractivity contribution >= 4 is 46.3 Å². The molecule has 0 radical (unpaired) electrons. The maximum absolute atomic E-state index is 12.1. The Labute approximate surface area is 124 Å². The third-order valence-corrected chi connectivity index (χ3v) is 4.07. The first-order chi connectivity index (χ1) is 9.40. The molecule has 0 bridgehead atoms. The molecule has 2 rings (SSSR count). The van der Waals surface area contributed by atoms with E-state index in [0.29, 0.717) is 10.5 Å². The molecule has 7 heteroatoms. The third-order valence-electron chi connectivity index (χ3n) is 2.74. The summed E-state index contributed by atoms with van der Waals surface area (Å²) < 4.78 is 0.191. The molecule has 0 aromatic heterocycles. The lowest BCUT2D eigenvalue weighted by molar-refractivity contribution is -0.309. The Bertz CT molecular complexity index is 609. The van der Waals surface area contributed by atoms with Gasteiger partial charge in [0, 0.05) is 0 Å². The normalized spacial score (nSPS) is 18.6. The summed E-state index contributed by atoms with van der Waals surface area (Å²) in [6.45, 7) is 1.35. The van der Waals surface area contributed by atoms with Crippen LogP contribution in [0.15, 0.2) is 29.2 Å². The van der Waals surface area contributed by atoms with Crippen LogP contribution in [0.4, 0.5) is 0 Å². The second-order valence-corrected chi connectivity index (χ2v) is 5.81. The number of aliphatic carboxylic acids is 1. The molecule has 5 nitrogen and oxygen atoms in total. The molecule has 1 atom stereocenters. The van der Waals surface area contributed by atoms with E-state index in [1.807, 2.05) is 0 Å². The highest BCUT2D eigenvalue weighted by Gasteiger charge is 2.35. The van der Waals surface area contributed by atoms with Crippen LogP contribution in [0.25, 0.3) is 6.08 Å². The van der Waals surface area contributed by atoms with E-state index < -0.39 is 17.9 Å². The Balaban J connectivity index is 2.28. The van der Waals surface area contributed by atoms with E-state index in [4.69, 9.17) is 12.2 Å². The molecule has 0 aliphatic carbocycles. The van der Waals surface area contributed by atoms with Gasteiger partial charge >= 0.3 is 0 Å². The third kappa shape index (κ3) is 2.83. The van der Waals surface area contributed by atoms with Gasteiger partial charge < -0.3 is 15.0 Å². The molecule has 104 valence electrons. The van der Waals surface area contributed by atoms with Crippen LogP contribution in [-0.4, -0.2) is 32.2 Å². The van der Waals surface area contributed by atoms with Crippen LogP contribution in [0.2, 0.25) is 0 Å². The van der Waals surface area contributed by atoms with Crippen molar-refractivity contribution in [1.29, 1.82) is 0 Å². The minimum atomic E-state index is -1.35. The van der Waals surface area contributed by atoms with Gasteiger partial charge in [0.25, 0.3) is 5.91 Å². The maximum Gasteiger partial charge on any atom is 0.266 e. The number of hydrogen-bond acceptors (Lipinski definition) is 6. The molecule has 0 saturated carbocycles. The summed E-state index contributed by atoms with van der Waals surface area (Å²) in [6, 6.07) is 5.18. The van der Waals surface area contributed by atoms with Gasteiger partial charge in [0.1, 0.15) is 10.1 Å². The van der Waals surface area contributed by atoms with Gasteiger partial charge in [-0.2, -0.15) is 0 Å². The van der Waals surface area contributed by atoms with Gasteiger partial charge in [0.05, 0.1) is 16.9 Å². The Morgan fingerprint density at radius 1 is 1.45 bits per heavy atom. The van der Waals surface area contributed by atoms with Crippen LogP contribution in [0.5, 0.6) is 5.75 Å². The summed E-state index contributed by atoms with van der Waals surface area (Å²) in [6.07, 6.45) is 1.60. The lowest BCUT2D eigenvalue weighted by Gasteiger charge is -2.23. The van der Waals surface area contributed by atoms with Crippen molar-refractivity contribution in [2.45, 2.75) is 13.0 Å². The number of benzene rings is 1. The fraction of sp³-hybridized carbons (Fsp3) is 0.154. The zero-order chi connectivity index (χ0) is 14.9. The highest BCUT2D eigenvalue weighted by molar-refractivity contribution is 8.26. The molecular weight excluding hydrogens is 298 g/mol. The molecule has 20 heavy (non-hydrogen) atoms. The van der Waals surface area contributed by atoms with Gasteiger partial charge in [-0.1, -0.05) is 36.1 Å². The van der Waals surface area contributed by atoms with Crippen LogP contribution in [0, 0.1) is 0 Å². The molecule has 1 heterocycles. The van der Waals surface area contributed by atoms with E-state index in [1.165, 1.54) is 19.1 Å². The van der Waals surface area contributed by atoms with Crippen molar-refractivity contribution < 1.29 is 19.8 Å². The summed E-state index contributed by atoms with van der Waals surface area (Å²) in [5.74, 6) is -1.68. The molecular formula is C13H10NO4S2-. The zero-order valence-electron chi connectivity index (χ0n) is 10.4. The largest absolute Gasteiger partial charge is 0.548 e. The predicted molar refractivity (Wildman–Crippen MR) is 77.6 cm³/mol. The van der Waals surface area contributed by atoms with E-state index >= 15 is 0 Å². The number of rotatable bonds is 3. The lowest BCUT2D eigenvalue weighted by Crippen LogP contribution is -2.48. The fourth-order valence-electron chi connectivity index (χ4n) is 1.64. The Morgan fingerprint density at radius 2 is 2.05 bits per heavy atom. The van der Waals surface area contributed by atoms with E-state index in [0.717, 1.165) is 16.7 Å². The van der Waals surface area contributed by atoms with E-state index in [2.05, 4.69) is 0 Å². The van der Waals surface area contributed by atoms with Crippen LogP contribution in [0.3, 0.4) is 0 Å². The quantitative estimate of drug-likeness (QED) is 0.655. The van der Waals surface area contributed by atoms with Crippen LogP contribution in [-0.2, 0) is 9.59 Å². The number of thiocarbonyl (C=S) groups is 1. The standard InChI is InChI=1S/C13H11NO4S2/c1-7(12(17)18)14-11(16)10(20-13(14)19)6-8-2-4-9(15)5-3-8/h2-7,15H,1H3,(H,17,18)/p-1. The Kier molecular flexibility index (Phi) is 4.10. The van der Waals surface area contributed by atoms with Crippen LogP contribution >= 0.6 is 24.0 Å². The number of carbonyl (C=O) groups excluding carboxylic acids is 2. The van der Waals surface area contributed by atoms with Gasteiger partial charge in [-0.15, -0.1) is 0 Å². The van der Waals surface area contributed by atoms with Gasteiger partial charge in [-0.3, -0.25) is 9.69 Å². The average Bonchev–Trinajstić information content (AvgIpc) is 2.66. The number of carboxylic acids is 1. The number of carbonyl (C=O) groups is 2. The first-order valence-corrected chi connectivity index (χ1v) is 6.89. The first kappa shape index (κ1) is 14.5. The highest BCUT2D eigenvalue weighted by atomic mass is 32.2. The van der Waals surface area contributed by atoms with Crippen LogP contribution < -0.4 is 5.11 Å². The lowest BCUT2D eigenvalue weighted by atomic mass is 10.2. The van der Waals surface area contributed by atoms with Crippen molar-refractivity contribution in [1.82, 2.24) is 4.90 Å². The van der Waals surface area contributed by atoms with Crippen molar-refractivity contribution in [3.8, 4) is 5.75 Å². The van der Waals surface area contributed by atoms with Gasteiger partial charge in [0.15, 0.2) is 0 Å². The molecule has 1 N–H and O–H groups in total. The summed E-state index contributed by atoms with van der Waals surface area (Å²) in [5.41, 5.74) is 0.712. The Hall–Kier alpha value is -1.86. The predicted octanol–water partition coefficient (Wildman–Crippen LogP) is 0.732. The summed E-state index contributed by atoms with van der Waals surface area (Å²) >= 11 is 6.07. The van der Waals surface area contributed by atoms with Crippen molar-refractivity contribution in [3.63, 3.8) is 0 Å². The highest BCUT2D eigenvalue weighted by Crippen LogP contribution is 2.33. The second-order valence-electron chi connectivity index (χ2n) is 4.14. The molecule has 1 aliphatic heterocycles. The summed E-state index contributed by atoms with van der Waals surface area (Å²) in [5, 5.41) is 20.1. The molecule has 1 saturated heterocycles. The average molecular weight is 308 g/mol. The molecule has 1 fully saturated rings. The van der Waals surface area contributed by atoms with Gasteiger partial charge in [-0.25, -0.2) is 0 Å². The number of thioether (sulfide) groups is 1. The van der Waals surface area contributed by atoms with Crippen LogP contribution in [0.1, 0.15) is 12.5 Å².